The van der Waals surface area contributed by atoms with Gasteiger partial charge in [-0.3, -0.25) is 9.82 Å². The maximum absolute atomic E-state index is 10.6. The van der Waals surface area contributed by atoms with Gasteiger partial charge in [0.05, 0.1) is 7.85 Å². The Labute approximate surface area is 88.9 Å². The summed E-state index contributed by atoms with van der Waals surface area (Å²) in [6.45, 7) is 0. The van der Waals surface area contributed by atoms with Gasteiger partial charge in [0.25, 0.3) is 0 Å². The van der Waals surface area contributed by atoms with Gasteiger partial charge in [0.15, 0.2) is 0 Å². The molecule has 1 rings (SSSR count). The largest absolute Gasteiger partial charge is 0.348 e. The Hall–Kier alpha value is -0.385. The zero-order chi connectivity index (χ0) is 11.5. The second-order valence-electron chi connectivity index (χ2n) is 3.44. The van der Waals surface area contributed by atoms with Crippen LogP contribution in [0.25, 0.3) is 0 Å². The first kappa shape index (κ1) is 12.7. The van der Waals surface area contributed by atoms with Crippen LogP contribution in [0.5, 0.6) is 0 Å². The lowest BCUT2D eigenvalue weighted by Crippen LogP contribution is -2.24. The van der Waals surface area contributed by atoms with E-state index in [0.717, 1.165) is 5.82 Å². The van der Waals surface area contributed by atoms with Gasteiger partial charge in [0.2, 0.25) is 0 Å². The van der Waals surface area contributed by atoms with Gasteiger partial charge >= 0.3 is 7.60 Å². The third-order valence-electron chi connectivity index (χ3n) is 2.15. The summed E-state index contributed by atoms with van der Waals surface area (Å²) in [6.07, 6.45) is 4.52. The third kappa shape index (κ3) is 4.32. The van der Waals surface area contributed by atoms with Crippen molar-refractivity contribution in [1.29, 1.82) is 0 Å². The summed E-state index contributed by atoms with van der Waals surface area (Å²) < 4.78 is 10.6. The fourth-order valence-electron chi connectivity index (χ4n) is 1.41. The summed E-state index contributed by atoms with van der Waals surface area (Å²) in [5.41, 5.74) is 0. The van der Waals surface area contributed by atoms with E-state index in [4.69, 9.17) is 22.9 Å². The Kier molecular flexibility index (Phi) is 4.31. The van der Waals surface area contributed by atoms with Crippen molar-refractivity contribution < 1.29 is 24.5 Å². The molecule has 0 fully saturated rings. The molecule has 1 aliphatic carbocycles. The minimum Gasteiger partial charge on any atom is -0.321 e. The Bertz CT molecular complexity index is 310. The molecule has 1 aliphatic rings. The molecule has 0 aromatic rings. The first-order valence-corrected chi connectivity index (χ1v) is 6.09. The second-order valence-corrected chi connectivity index (χ2v) is 4.91. The molecule has 3 unspecified atom stereocenters. The van der Waals surface area contributed by atoms with Crippen molar-refractivity contribution in [2.24, 2.45) is 5.92 Å². The molecule has 0 aliphatic heterocycles. The summed E-state index contributed by atoms with van der Waals surface area (Å²) in [5, 5.41) is 8.59. The molecule has 0 heterocycles. The fraction of sp³-hybridized carbons (Fsp3) is 0.500. The monoisotopic (exact) mass is 230 g/mol. The molecular formula is C8H12BO5P. The standard InChI is InChI=1S/C8H12BO5P/c9-7-2-1-6(8(5-7)14-10)3-4-15(11,12)13/h1-4,6-8,10H,5H2,(H2,11,12,13)/b4-3+. The number of allylic oxidation sites excluding steroid dienone is 1. The summed E-state index contributed by atoms with van der Waals surface area (Å²) in [5.74, 6) is 0.217. The molecule has 0 saturated heterocycles. The molecule has 0 saturated carbocycles. The van der Waals surface area contributed by atoms with Crippen LogP contribution in [0.2, 0.25) is 5.82 Å². The Balaban J connectivity index is 2.72. The fourth-order valence-corrected chi connectivity index (χ4v) is 1.83. The van der Waals surface area contributed by atoms with Gasteiger partial charge < -0.3 is 9.79 Å². The van der Waals surface area contributed by atoms with Crippen molar-refractivity contribution in [2.45, 2.75) is 18.3 Å². The van der Waals surface area contributed by atoms with Gasteiger partial charge in [-0.05, 0) is 6.42 Å². The van der Waals surface area contributed by atoms with Crippen LogP contribution in [0.15, 0.2) is 24.0 Å². The molecule has 0 spiro atoms. The van der Waals surface area contributed by atoms with Gasteiger partial charge in [0, 0.05) is 11.7 Å². The number of rotatable bonds is 3. The Morgan fingerprint density at radius 1 is 1.47 bits per heavy atom. The van der Waals surface area contributed by atoms with Crippen molar-refractivity contribution in [2.75, 3.05) is 0 Å². The lowest BCUT2D eigenvalue weighted by molar-refractivity contribution is -0.285. The molecule has 5 nitrogen and oxygen atoms in total. The molecule has 7 heteroatoms. The molecule has 0 aromatic carbocycles. The number of hydrogen-bond donors (Lipinski definition) is 3. The van der Waals surface area contributed by atoms with Crippen molar-refractivity contribution >= 4 is 15.4 Å². The van der Waals surface area contributed by atoms with E-state index in [-0.39, 0.29) is 11.7 Å². The molecule has 15 heavy (non-hydrogen) atoms. The van der Waals surface area contributed by atoms with E-state index in [0.29, 0.717) is 6.42 Å². The minimum atomic E-state index is -4.17. The summed E-state index contributed by atoms with van der Waals surface area (Å²) >= 11 is 0. The molecule has 82 valence electrons. The van der Waals surface area contributed by atoms with E-state index < -0.39 is 13.7 Å². The lowest BCUT2D eigenvalue weighted by Gasteiger charge is -2.25. The van der Waals surface area contributed by atoms with E-state index in [9.17, 15) is 4.57 Å². The second kappa shape index (κ2) is 5.10. The average molecular weight is 230 g/mol. The third-order valence-corrected chi connectivity index (χ3v) is 2.71. The molecule has 2 radical (unpaired) electrons. The first-order valence-electron chi connectivity index (χ1n) is 4.41. The molecule has 0 aromatic heterocycles. The van der Waals surface area contributed by atoms with Gasteiger partial charge in [-0.15, -0.1) is 0 Å². The SMILES string of the molecule is [B]C1C=CC(/C=C/P(=O)(O)O)C(OO)C1. The highest BCUT2D eigenvalue weighted by Crippen LogP contribution is 2.38. The maximum Gasteiger partial charge on any atom is 0.348 e. The Morgan fingerprint density at radius 3 is 2.67 bits per heavy atom. The van der Waals surface area contributed by atoms with Crippen molar-refractivity contribution in [3.05, 3.63) is 24.0 Å². The van der Waals surface area contributed by atoms with Gasteiger partial charge in [0.1, 0.15) is 6.10 Å². The van der Waals surface area contributed by atoms with Crippen molar-refractivity contribution in [3.8, 4) is 0 Å². The minimum absolute atomic E-state index is 0.207. The normalized spacial score (nSPS) is 32.3. The van der Waals surface area contributed by atoms with Gasteiger partial charge in [-0.25, -0.2) is 4.89 Å². The average Bonchev–Trinajstić information content (AvgIpc) is 2.14. The highest BCUT2D eigenvalue weighted by molar-refractivity contribution is 7.55. The van der Waals surface area contributed by atoms with Gasteiger partial charge in [-0.2, -0.15) is 0 Å². The van der Waals surface area contributed by atoms with Gasteiger partial charge in [-0.1, -0.05) is 24.0 Å². The van der Waals surface area contributed by atoms with E-state index in [1.807, 2.05) is 0 Å². The van der Waals surface area contributed by atoms with Crippen LogP contribution in [-0.4, -0.2) is 29.0 Å². The van der Waals surface area contributed by atoms with E-state index in [1.54, 1.807) is 12.2 Å². The first-order chi connectivity index (χ1) is 6.92. The van der Waals surface area contributed by atoms with E-state index in [2.05, 4.69) is 4.89 Å². The van der Waals surface area contributed by atoms with Crippen LogP contribution >= 0.6 is 7.60 Å². The van der Waals surface area contributed by atoms with Crippen molar-refractivity contribution in [3.63, 3.8) is 0 Å². The predicted molar refractivity (Wildman–Crippen MR) is 55.4 cm³/mol. The van der Waals surface area contributed by atoms with Crippen LogP contribution in [0.3, 0.4) is 0 Å². The Morgan fingerprint density at radius 2 is 2.13 bits per heavy atom. The van der Waals surface area contributed by atoms with Crippen LogP contribution < -0.4 is 0 Å². The molecular weight excluding hydrogens is 218 g/mol. The highest BCUT2D eigenvalue weighted by Gasteiger charge is 2.24. The van der Waals surface area contributed by atoms with Crippen LogP contribution in [0.1, 0.15) is 6.42 Å². The zero-order valence-electron chi connectivity index (χ0n) is 7.93. The topological polar surface area (TPSA) is 87.0 Å². The van der Waals surface area contributed by atoms with Crippen LogP contribution in [0, 0.1) is 5.92 Å². The zero-order valence-corrected chi connectivity index (χ0v) is 8.83. The summed E-state index contributed by atoms with van der Waals surface area (Å²) in [7, 11) is 1.42. The molecule has 3 N–H and O–H groups in total. The summed E-state index contributed by atoms with van der Waals surface area (Å²) in [4.78, 5) is 21.5. The van der Waals surface area contributed by atoms with Crippen LogP contribution in [-0.2, 0) is 9.45 Å². The quantitative estimate of drug-likeness (QED) is 0.222. The molecule has 0 amide bonds. The number of hydrogen-bond acceptors (Lipinski definition) is 3. The van der Waals surface area contributed by atoms with E-state index in [1.165, 1.54) is 6.08 Å². The molecule has 0 bridgehead atoms. The van der Waals surface area contributed by atoms with E-state index >= 15 is 0 Å². The summed E-state index contributed by atoms with van der Waals surface area (Å²) in [6, 6.07) is 0. The highest BCUT2D eigenvalue weighted by atomic mass is 31.2. The predicted octanol–water partition coefficient (Wildman–Crippen LogP) is 1.07. The maximum atomic E-state index is 10.6. The lowest BCUT2D eigenvalue weighted by atomic mass is 9.75. The van der Waals surface area contributed by atoms with Crippen molar-refractivity contribution in [1.82, 2.24) is 0 Å². The smallest absolute Gasteiger partial charge is 0.321 e. The van der Waals surface area contributed by atoms with Crippen LogP contribution in [0.4, 0.5) is 0 Å². The molecule has 3 atom stereocenters.